The highest BCUT2D eigenvalue weighted by Gasteiger charge is 2.17. The number of nitrogens with zero attached hydrogens (tertiary/aromatic N) is 2. The third-order valence-corrected chi connectivity index (χ3v) is 6.49. The Morgan fingerprint density at radius 2 is 1.76 bits per heavy atom. The minimum atomic E-state index is 0.112. The van der Waals surface area contributed by atoms with E-state index in [0.29, 0.717) is 19.5 Å². The van der Waals surface area contributed by atoms with E-state index in [4.69, 9.17) is 9.47 Å². The van der Waals surface area contributed by atoms with Crippen LogP contribution in [0.3, 0.4) is 0 Å². The lowest BCUT2D eigenvalue weighted by Gasteiger charge is -2.25. The molecule has 1 aromatic heterocycles. The molecule has 37 heavy (non-hydrogen) atoms. The summed E-state index contributed by atoms with van der Waals surface area (Å²) in [4.78, 5) is 19.9. The Hall–Kier alpha value is -4.06. The SMILES string of the molecule is COc1cc(NC(C)CCCN(Cc2ccccc2OC)C(=O)Cc2ccccc2)c2ncccc2c1. The highest BCUT2D eigenvalue weighted by Crippen LogP contribution is 2.28. The van der Waals surface area contributed by atoms with Gasteiger partial charge in [0, 0.05) is 42.3 Å². The summed E-state index contributed by atoms with van der Waals surface area (Å²) in [7, 11) is 3.34. The maximum atomic E-state index is 13.3. The zero-order valence-corrected chi connectivity index (χ0v) is 21.8. The first-order chi connectivity index (χ1) is 18.1. The van der Waals surface area contributed by atoms with Gasteiger partial charge >= 0.3 is 0 Å². The number of methoxy groups -OCH3 is 2. The molecule has 3 aromatic carbocycles. The summed E-state index contributed by atoms with van der Waals surface area (Å²) < 4.78 is 11.0. The first kappa shape index (κ1) is 26.0. The number of aromatic nitrogens is 1. The van der Waals surface area contributed by atoms with Crippen LogP contribution >= 0.6 is 0 Å². The van der Waals surface area contributed by atoms with Crippen molar-refractivity contribution in [3.8, 4) is 11.5 Å². The van der Waals surface area contributed by atoms with Crippen LogP contribution in [0.15, 0.2) is 85.1 Å². The van der Waals surface area contributed by atoms with E-state index >= 15 is 0 Å². The number of anilines is 1. The van der Waals surface area contributed by atoms with Crippen LogP contribution in [0.25, 0.3) is 10.9 Å². The maximum Gasteiger partial charge on any atom is 0.227 e. The van der Waals surface area contributed by atoms with Gasteiger partial charge in [0.15, 0.2) is 0 Å². The van der Waals surface area contributed by atoms with Gasteiger partial charge in [0.1, 0.15) is 11.5 Å². The molecule has 1 atom stereocenters. The number of ether oxygens (including phenoxy) is 2. The molecular formula is C31H35N3O3. The average molecular weight is 498 g/mol. The number of hydrogen-bond donors (Lipinski definition) is 1. The summed E-state index contributed by atoms with van der Waals surface area (Å²) in [6, 6.07) is 25.9. The smallest absolute Gasteiger partial charge is 0.227 e. The Labute approximate surface area is 219 Å². The molecule has 192 valence electrons. The molecule has 1 amide bonds. The molecule has 0 saturated heterocycles. The van der Waals surface area contributed by atoms with Crippen molar-refractivity contribution in [2.45, 2.75) is 38.8 Å². The fourth-order valence-corrected chi connectivity index (χ4v) is 4.53. The van der Waals surface area contributed by atoms with Gasteiger partial charge in [-0.05, 0) is 43.5 Å². The minimum Gasteiger partial charge on any atom is -0.497 e. The second-order valence-corrected chi connectivity index (χ2v) is 9.23. The topological polar surface area (TPSA) is 63.7 Å². The highest BCUT2D eigenvalue weighted by molar-refractivity contribution is 5.91. The molecule has 1 unspecified atom stereocenters. The largest absolute Gasteiger partial charge is 0.497 e. The molecule has 6 heteroatoms. The van der Waals surface area contributed by atoms with Gasteiger partial charge in [0.05, 0.1) is 31.8 Å². The number of pyridine rings is 1. The summed E-state index contributed by atoms with van der Waals surface area (Å²) in [6.07, 6.45) is 3.94. The zero-order valence-electron chi connectivity index (χ0n) is 21.8. The predicted molar refractivity (Wildman–Crippen MR) is 149 cm³/mol. The lowest BCUT2D eigenvalue weighted by molar-refractivity contribution is -0.131. The number of para-hydroxylation sites is 1. The Morgan fingerprint density at radius 1 is 0.973 bits per heavy atom. The zero-order chi connectivity index (χ0) is 26.0. The third-order valence-electron chi connectivity index (χ3n) is 6.49. The van der Waals surface area contributed by atoms with Crippen LogP contribution in [0, 0.1) is 0 Å². The van der Waals surface area contributed by atoms with E-state index < -0.39 is 0 Å². The van der Waals surface area contributed by atoms with Crippen LogP contribution in [0.1, 0.15) is 30.9 Å². The monoisotopic (exact) mass is 497 g/mol. The van der Waals surface area contributed by atoms with E-state index in [0.717, 1.165) is 52.1 Å². The van der Waals surface area contributed by atoms with E-state index in [1.165, 1.54) is 0 Å². The van der Waals surface area contributed by atoms with Crippen molar-refractivity contribution in [2.75, 3.05) is 26.1 Å². The third kappa shape index (κ3) is 7.00. The van der Waals surface area contributed by atoms with Gasteiger partial charge in [0.25, 0.3) is 0 Å². The number of carbonyl (C=O) groups excluding carboxylic acids is 1. The number of hydrogen-bond acceptors (Lipinski definition) is 5. The Morgan fingerprint density at radius 3 is 2.54 bits per heavy atom. The quantitative estimate of drug-likeness (QED) is 0.256. The number of rotatable bonds is 12. The molecule has 1 N–H and O–H groups in total. The highest BCUT2D eigenvalue weighted by atomic mass is 16.5. The van der Waals surface area contributed by atoms with Crippen LogP contribution in [0.4, 0.5) is 5.69 Å². The normalized spacial score (nSPS) is 11.6. The van der Waals surface area contributed by atoms with Gasteiger partial charge in [-0.25, -0.2) is 0 Å². The summed E-state index contributed by atoms with van der Waals surface area (Å²) >= 11 is 0. The number of carbonyl (C=O) groups is 1. The first-order valence-corrected chi connectivity index (χ1v) is 12.7. The van der Waals surface area contributed by atoms with Gasteiger partial charge in [-0.15, -0.1) is 0 Å². The number of amides is 1. The van der Waals surface area contributed by atoms with Crippen LogP contribution < -0.4 is 14.8 Å². The van der Waals surface area contributed by atoms with E-state index in [1.807, 2.05) is 83.8 Å². The van der Waals surface area contributed by atoms with Crippen molar-refractivity contribution in [2.24, 2.45) is 0 Å². The fraction of sp³-hybridized carbons (Fsp3) is 0.290. The molecule has 6 nitrogen and oxygen atoms in total. The van der Waals surface area contributed by atoms with Gasteiger partial charge in [0.2, 0.25) is 5.91 Å². The van der Waals surface area contributed by atoms with Crippen LogP contribution in [-0.4, -0.2) is 42.6 Å². The van der Waals surface area contributed by atoms with Crippen LogP contribution in [0.5, 0.6) is 11.5 Å². The number of nitrogens with one attached hydrogen (secondary N) is 1. The molecule has 0 aliphatic rings. The van der Waals surface area contributed by atoms with Crippen molar-refractivity contribution in [3.05, 3.63) is 96.2 Å². The lowest BCUT2D eigenvalue weighted by Crippen LogP contribution is -2.33. The second kappa shape index (κ2) is 12.8. The molecule has 0 aliphatic carbocycles. The molecule has 0 bridgehead atoms. The molecular weight excluding hydrogens is 462 g/mol. The average Bonchev–Trinajstić information content (AvgIpc) is 2.93. The number of benzene rings is 3. The van der Waals surface area contributed by atoms with Crippen molar-refractivity contribution >= 4 is 22.5 Å². The molecule has 0 saturated carbocycles. The van der Waals surface area contributed by atoms with Crippen LogP contribution in [-0.2, 0) is 17.8 Å². The molecule has 4 aromatic rings. The molecule has 0 fully saturated rings. The minimum absolute atomic E-state index is 0.112. The fourth-order valence-electron chi connectivity index (χ4n) is 4.53. The van der Waals surface area contributed by atoms with Crippen molar-refractivity contribution in [3.63, 3.8) is 0 Å². The van der Waals surface area contributed by atoms with Crippen molar-refractivity contribution in [1.29, 1.82) is 0 Å². The van der Waals surface area contributed by atoms with Gasteiger partial charge in [-0.2, -0.15) is 0 Å². The molecule has 0 spiro atoms. The number of fused-ring (bicyclic) bond motifs is 1. The first-order valence-electron chi connectivity index (χ1n) is 12.7. The van der Waals surface area contributed by atoms with Gasteiger partial charge in [-0.3, -0.25) is 9.78 Å². The Balaban J connectivity index is 1.43. The standard InChI is InChI=1S/C31H35N3O3/c1-23(33-28-21-27(36-2)20-25-15-9-17-32-31(25)28)11-10-18-34(22-26-14-7-8-16-29(26)37-3)30(35)19-24-12-5-4-6-13-24/h4-9,12-17,20-21,23,33H,10-11,18-19,22H2,1-3H3. The van der Waals surface area contributed by atoms with E-state index in [1.54, 1.807) is 20.4 Å². The van der Waals surface area contributed by atoms with E-state index in [2.05, 4.69) is 17.2 Å². The molecule has 4 rings (SSSR count). The van der Waals surface area contributed by atoms with Gasteiger partial charge in [-0.1, -0.05) is 54.6 Å². The molecule has 0 radical (unpaired) electrons. The Bertz CT molecular complexity index is 1310. The van der Waals surface area contributed by atoms with E-state index in [9.17, 15) is 4.79 Å². The summed E-state index contributed by atoms with van der Waals surface area (Å²) in [5.74, 6) is 1.71. The summed E-state index contributed by atoms with van der Waals surface area (Å²) in [5.41, 5.74) is 3.90. The van der Waals surface area contributed by atoms with Gasteiger partial charge < -0.3 is 19.7 Å². The summed E-state index contributed by atoms with van der Waals surface area (Å²) in [6.45, 7) is 3.33. The molecule has 1 heterocycles. The predicted octanol–water partition coefficient (Wildman–Crippen LogP) is 6.10. The maximum absolute atomic E-state index is 13.3. The second-order valence-electron chi connectivity index (χ2n) is 9.23. The lowest BCUT2D eigenvalue weighted by atomic mass is 10.1. The Kier molecular flexibility index (Phi) is 8.98. The van der Waals surface area contributed by atoms with Crippen LogP contribution in [0.2, 0.25) is 0 Å². The van der Waals surface area contributed by atoms with Crippen molar-refractivity contribution in [1.82, 2.24) is 9.88 Å². The van der Waals surface area contributed by atoms with Crippen molar-refractivity contribution < 1.29 is 14.3 Å². The summed E-state index contributed by atoms with van der Waals surface area (Å²) in [5, 5.41) is 4.64. The molecule has 0 aliphatic heterocycles. The van der Waals surface area contributed by atoms with E-state index in [-0.39, 0.29) is 11.9 Å².